The summed E-state index contributed by atoms with van der Waals surface area (Å²) in [7, 11) is 0. The van der Waals surface area contributed by atoms with Crippen LogP contribution < -0.4 is 10.6 Å². The van der Waals surface area contributed by atoms with Gasteiger partial charge in [0, 0.05) is 24.8 Å². The molecular weight excluding hydrogens is 232 g/mol. The zero-order chi connectivity index (χ0) is 13.7. The van der Waals surface area contributed by atoms with Crippen LogP contribution in [0.25, 0.3) is 0 Å². The second kappa shape index (κ2) is 6.95. The average Bonchev–Trinajstić information content (AvgIpc) is 2.47. The van der Waals surface area contributed by atoms with Crippen LogP contribution >= 0.6 is 0 Å². The molecule has 1 aromatic carbocycles. The minimum Gasteiger partial charge on any atom is -0.371 e. The third kappa shape index (κ3) is 3.50. The van der Waals surface area contributed by atoms with Gasteiger partial charge in [-0.1, -0.05) is 44.9 Å². The van der Waals surface area contributed by atoms with Gasteiger partial charge in [-0.15, -0.1) is 0 Å². The molecule has 1 heterocycles. The number of para-hydroxylation sites is 1. The molecule has 0 unspecified atom stereocenters. The van der Waals surface area contributed by atoms with E-state index in [-0.39, 0.29) is 6.04 Å². The second-order valence-corrected chi connectivity index (χ2v) is 5.79. The lowest BCUT2D eigenvalue weighted by Crippen LogP contribution is -2.34. The van der Waals surface area contributed by atoms with Crippen LogP contribution in [0.3, 0.4) is 0 Å². The van der Waals surface area contributed by atoms with E-state index in [1.807, 2.05) is 0 Å². The summed E-state index contributed by atoms with van der Waals surface area (Å²) < 4.78 is 0. The molecule has 1 atom stereocenters. The Hall–Kier alpha value is -1.02. The largest absolute Gasteiger partial charge is 0.371 e. The molecule has 1 aromatic rings. The highest BCUT2D eigenvalue weighted by Gasteiger charge is 2.21. The standard InChI is InChI=1S/C17H28N2/c1-3-7-14-10-12-19(13-11-14)17-9-6-5-8-15(17)16(18)4-2/h5-6,8-9,14,16H,3-4,7,10-13,18H2,1-2H3/t16-/m1/s1. The zero-order valence-corrected chi connectivity index (χ0v) is 12.4. The fourth-order valence-electron chi connectivity index (χ4n) is 3.18. The Balaban J connectivity index is 2.07. The number of nitrogens with zero attached hydrogens (tertiary/aromatic N) is 1. The zero-order valence-electron chi connectivity index (χ0n) is 12.4. The van der Waals surface area contributed by atoms with Gasteiger partial charge in [0.2, 0.25) is 0 Å². The molecule has 0 radical (unpaired) electrons. The quantitative estimate of drug-likeness (QED) is 0.863. The first kappa shape index (κ1) is 14.4. The molecule has 0 spiro atoms. The molecule has 1 aliphatic heterocycles. The lowest BCUT2D eigenvalue weighted by Gasteiger charge is -2.35. The number of rotatable bonds is 5. The number of piperidine rings is 1. The van der Waals surface area contributed by atoms with Gasteiger partial charge in [0.25, 0.3) is 0 Å². The number of hydrogen-bond acceptors (Lipinski definition) is 2. The number of nitrogens with two attached hydrogens (primary N) is 1. The molecule has 1 saturated heterocycles. The molecule has 2 N–H and O–H groups in total. The third-order valence-electron chi connectivity index (χ3n) is 4.43. The van der Waals surface area contributed by atoms with Gasteiger partial charge in [-0.25, -0.2) is 0 Å². The molecule has 0 bridgehead atoms. The van der Waals surface area contributed by atoms with Crippen molar-refractivity contribution in [3.63, 3.8) is 0 Å². The van der Waals surface area contributed by atoms with Crippen molar-refractivity contribution in [1.82, 2.24) is 0 Å². The fourth-order valence-corrected chi connectivity index (χ4v) is 3.18. The third-order valence-corrected chi connectivity index (χ3v) is 4.43. The van der Waals surface area contributed by atoms with E-state index in [0.717, 1.165) is 12.3 Å². The van der Waals surface area contributed by atoms with Gasteiger partial charge < -0.3 is 10.6 Å². The Morgan fingerprint density at radius 1 is 1.21 bits per heavy atom. The summed E-state index contributed by atoms with van der Waals surface area (Å²) in [4.78, 5) is 2.54. The minimum absolute atomic E-state index is 0.171. The fraction of sp³-hybridized carbons (Fsp3) is 0.647. The average molecular weight is 260 g/mol. The summed E-state index contributed by atoms with van der Waals surface area (Å²) in [6, 6.07) is 8.86. The van der Waals surface area contributed by atoms with E-state index >= 15 is 0 Å². The van der Waals surface area contributed by atoms with E-state index in [4.69, 9.17) is 5.73 Å². The maximum Gasteiger partial charge on any atom is 0.0414 e. The van der Waals surface area contributed by atoms with E-state index in [2.05, 4.69) is 43.0 Å². The van der Waals surface area contributed by atoms with Crippen molar-refractivity contribution < 1.29 is 0 Å². The number of hydrogen-bond donors (Lipinski definition) is 1. The van der Waals surface area contributed by atoms with Crippen LogP contribution in [0.2, 0.25) is 0 Å². The van der Waals surface area contributed by atoms with Crippen LogP contribution in [0, 0.1) is 5.92 Å². The predicted octanol–water partition coefficient (Wildman–Crippen LogP) is 4.11. The molecule has 0 aromatic heterocycles. The first-order valence-corrected chi connectivity index (χ1v) is 7.85. The van der Waals surface area contributed by atoms with E-state index in [9.17, 15) is 0 Å². The van der Waals surface area contributed by atoms with Crippen LogP contribution in [-0.4, -0.2) is 13.1 Å². The maximum atomic E-state index is 6.25. The highest BCUT2D eigenvalue weighted by atomic mass is 15.1. The molecule has 2 heteroatoms. The summed E-state index contributed by atoms with van der Waals surface area (Å²) in [5, 5.41) is 0. The van der Waals surface area contributed by atoms with E-state index < -0.39 is 0 Å². The van der Waals surface area contributed by atoms with E-state index in [0.29, 0.717) is 0 Å². The van der Waals surface area contributed by atoms with Gasteiger partial charge in [-0.3, -0.25) is 0 Å². The molecule has 1 fully saturated rings. The van der Waals surface area contributed by atoms with Gasteiger partial charge in [0.1, 0.15) is 0 Å². The molecule has 0 amide bonds. The topological polar surface area (TPSA) is 29.3 Å². The van der Waals surface area contributed by atoms with Crippen LogP contribution in [-0.2, 0) is 0 Å². The van der Waals surface area contributed by atoms with Crippen molar-refractivity contribution in [1.29, 1.82) is 0 Å². The first-order valence-electron chi connectivity index (χ1n) is 7.85. The van der Waals surface area contributed by atoms with Gasteiger partial charge in [-0.05, 0) is 36.8 Å². The first-order chi connectivity index (χ1) is 9.26. The smallest absolute Gasteiger partial charge is 0.0414 e. The van der Waals surface area contributed by atoms with Crippen molar-refractivity contribution in [2.75, 3.05) is 18.0 Å². The second-order valence-electron chi connectivity index (χ2n) is 5.79. The number of benzene rings is 1. The summed E-state index contributed by atoms with van der Waals surface area (Å²) in [6.45, 7) is 6.84. The Bertz CT molecular complexity index is 381. The molecule has 0 saturated carbocycles. The SMILES string of the molecule is CCCC1CCN(c2ccccc2[C@H](N)CC)CC1. The molecular formula is C17H28N2. The van der Waals surface area contributed by atoms with Crippen LogP contribution in [0.15, 0.2) is 24.3 Å². The summed E-state index contributed by atoms with van der Waals surface area (Å²) in [5.74, 6) is 0.938. The van der Waals surface area contributed by atoms with Crippen LogP contribution in [0.1, 0.15) is 57.6 Å². The molecule has 106 valence electrons. The Morgan fingerprint density at radius 2 is 1.89 bits per heavy atom. The van der Waals surface area contributed by atoms with Crippen LogP contribution in [0.5, 0.6) is 0 Å². The van der Waals surface area contributed by atoms with Gasteiger partial charge in [0.05, 0.1) is 0 Å². The van der Waals surface area contributed by atoms with Gasteiger partial charge in [0.15, 0.2) is 0 Å². The summed E-state index contributed by atoms with van der Waals surface area (Å²) >= 11 is 0. The van der Waals surface area contributed by atoms with Crippen molar-refractivity contribution in [3.05, 3.63) is 29.8 Å². The number of anilines is 1. The van der Waals surface area contributed by atoms with Crippen molar-refractivity contribution in [2.45, 2.75) is 52.0 Å². The highest BCUT2D eigenvalue weighted by Crippen LogP contribution is 2.31. The molecule has 1 aliphatic rings. The monoisotopic (exact) mass is 260 g/mol. The lowest BCUT2D eigenvalue weighted by atomic mass is 9.91. The van der Waals surface area contributed by atoms with E-state index in [1.54, 1.807) is 0 Å². The van der Waals surface area contributed by atoms with Gasteiger partial charge in [-0.2, -0.15) is 0 Å². The summed E-state index contributed by atoms with van der Waals surface area (Å²) in [5.41, 5.74) is 8.94. The van der Waals surface area contributed by atoms with Crippen molar-refractivity contribution in [2.24, 2.45) is 11.7 Å². The highest BCUT2D eigenvalue weighted by molar-refractivity contribution is 5.55. The summed E-state index contributed by atoms with van der Waals surface area (Å²) in [6.07, 6.45) is 6.39. The minimum atomic E-state index is 0.171. The van der Waals surface area contributed by atoms with Crippen molar-refractivity contribution >= 4 is 5.69 Å². The Labute approximate surface area is 118 Å². The van der Waals surface area contributed by atoms with Gasteiger partial charge >= 0.3 is 0 Å². The lowest BCUT2D eigenvalue weighted by molar-refractivity contribution is 0.378. The molecule has 2 nitrogen and oxygen atoms in total. The molecule has 0 aliphatic carbocycles. The predicted molar refractivity (Wildman–Crippen MR) is 83.5 cm³/mol. The van der Waals surface area contributed by atoms with Crippen molar-refractivity contribution in [3.8, 4) is 0 Å². The Kier molecular flexibility index (Phi) is 5.26. The van der Waals surface area contributed by atoms with Crippen LogP contribution in [0.4, 0.5) is 5.69 Å². The normalized spacial score (nSPS) is 18.6. The maximum absolute atomic E-state index is 6.25. The van der Waals surface area contributed by atoms with E-state index in [1.165, 1.54) is 50.0 Å². The molecule has 2 rings (SSSR count). The Morgan fingerprint density at radius 3 is 2.53 bits per heavy atom. The molecule has 19 heavy (non-hydrogen) atoms.